The van der Waals surface area contributed by atoms with Gasteiger partial charge in [-0.3, -0.25) is 9.69 Å². The Kier molecular flexibility index (Phi) is 8.99. The van der Waals surface area contributed by atoms with Crippen LogP contribution in [0.5, 0.6) is 0 Å². The third-order valence-corrected chi connectivity index (χ3v) is 9.52. The summed E-state index contributed by atoms with van der Waals surface area (Å²) in [7, 11) is 0. The van der Waals surface area contributed by atoms with Gasteiger partial charge in [0, 0.05) is 37.3 Å². The van der Waals surface area contributed by atoms with Gasteiger partial charge in [-0.15, -0.1) is 0 Å². The summed E-state index contributed by atoms with van der Waals surface area (Å²) < 4.78 is 16.8. The Morgan fingerprint density at radius 1 is 1.07 bits per heavy atom. The van der Waals surface area contributed by atoms with Crippen LogP contribution in [0.25, 0.3) is 28.0 Å². The minimum absolute atomic E-state index is 0.102. The van der Waals surface area contributed by atoms with E-state index in [0.29, 0.717) is 36.5 Å². The van der Waals surface area contributed by atoms with Crippen LogP contribution in [0.4, 0.5) is 10.2 Å². The van der Waals surface area contributed by atoms with Crippen molar-refractivity contribution in [2.24, 2.45) is 0 Å². The first-order chi connectivity index (χ1) is 22.1. The predicted molar refractivity (Wildman–Crippen MR) is 182 cm³/mol. The molecule has 6 rings (SSSR count). The molecule has 0 bridgehead atoms. The molecule has 10 heteroatoms. The van der Waals surface area contributed by atoms with E-state index in [2.05, 4.69) is 31.4 Å². The number of nitrogens with zero attached hydrogens (tertiary/aromatic N) is 6. The molecular weight excluding hydrogens is 603 g/mol. The molecule has 0 radical (unpaired) electrons. The van der Waals surface area contributed by atoms with E-state index < -0.39 is 11.5 Å². The molecule has 4 heterocycles. The van der Waals surface area contributed by atoms with Gasteiger partial charge in [-0.05, 0) is 81.1 Å². The van der Waals surface area contributed by atoms with Crippen molar-refractivity contribution in [3.8, 4) is 16.9 Å². The topological polar surface area (TPSA) is 74.6 Å². The first-order valence-electron chi connectivity index (χ1n) is 16.0. The van der Waals surface area contributed by atoms with Crippen LogP contribution in [0.3, 0.4) is 0 Å². The molecule has 2 aliphatic heterocycles. The first kappa shape index (κ1) is 31.9. The molecule has 240 valence electrons. The maximum Gasteiger partial charge on any atom is 0.355 e. The molecular formula is C36H40ClFN6O2. The third kappa shape index (κ3) is 5.82. The molecule has 0 N–H and O–H groups in total. The number of likely N-dealkylation sites (tertiary alicyclic amines) is 1. The lowest BCUT2D eigenvalue weighted by molar-refractivity contribution is -0.128. The number of hydrogen-bond acceptors (Lipinski definition) is 6. The highest BCUT2D eigenvalue weighted by Crippen LogP contribution is 2.37. The predicted octanol–water partition coefficient (Wildman–Crippen LogP) is 6.57. The molecule has 2 saturated heterocycles. The van der Waals surface area contributed by atoms with Crippen LogP contribution >= 0.6 is 11.6 Å². The van der Waals surface area contributed by atoms with Crippen LogP contribution < -0.4 is 10.6 Å². The van der Waals surface area contributed by atoms with Crippen molar-refractivity contribution in [2.75, 3.05) is 31.1 Å². The minimum atomic E-state index is -0.475. The quantitative estimate of drug-likeness (QED) is 0.212. The van der Waals surface area contributed by atoms with Gasteiger partial charge >= 0.3 is 5.69 Å². The number of carbonyl (C=O) groups is 1. The molecule has 0 saturated carbocycles. The Bertz CT molecular complexity index is 1870. The van der Waals surface area contributed by atoms with Crippen molar-refractivity contribution >= 4 is 34.4 Å². The third-order valence-electron chi connectivity index (χ3n) is 9.24. The SMILES string of the molecule is C=CC(=O)N1C[C@H](C)N(c2nc(=O)n(-c3c(CN4CCCC4)cccc3C(C)C)c3nc(-c4ccccc4F)c(Cl)cc23)C[C@H]1C. The number of amides is 1. The average Bonchev–Trinajstić information content (AvgIpc) is 3.55. The van der Waals surface area contributed by atoms with Gasteiger partial charge in [-0.1, -0.05) is 62.4 Å². The van der Waals surface area contributed by atoms with E-state index in [1.165, 1.54) is 12.1 Å². The van der Waals surface area contributed by atoms with E-state index in [1.54, 1.807) is 33.7 Å². The maximum absolute atomic E-state index is 15.2. The number of aromatic nitrogens is 3. The van der Waals surface area contributed by atoms with E-state index in [1.807, 2.05) is 30.9 Å². The number of benzene rings is 2. The normalized spacial score (nSPS) is 18.9. The van der Waals surface area contributed by atoms with Crippen molar-refractivity contribution in [1.29, 1.82) is 0 Å². The van der Waals surface area contributed by atoms with Gasteiger partial charge in [0.05, 0.1) is 21.8 Å². The molecule has 0 aliphatic carbocycles. The number of rotatable bonds is 7. The van der Waals surface area contributed by atoms with Gasteiger partial charge in [0.15, 0.2) is 5.65 Å². The van der Waals surface area contributed by atoms with Gasteiger partial charge in [-0.25, -0.2) is 18.7 Å². The van der Waals surface area contributed by atoms with Gasteiger partial charge in [0.25, 0.3) is 0 Å². The molecule has 0 unspecified atom stereocenters. The van der Waals surface area contributed by atoms with Crippen LogP contribution in [0.2, 0.25) is 5.02 Å². The van der Waals surface area contributed by atoms with Crippen molar-refractivity contribution in [3.63, 3.8) is 0 Å². The van der Waals surface area contributed by atoms with Crippen molar-refractivity contribution in [2.45, 2.75) is 65.1 Å². The molecule has 4 aromatic rings. The Morgan fingerprint density at radius 2 is 1.80 bits per heavy atom. The molecule has 2 fully saturated rings. The highest BCUT2D eigenvalue weighted by molar-refractivity contribution is 6.33. The minimum Gasteiger partial charge on any atom is -0.349 e. The highest BCUT2D eigenvalue weighted by atomic mass is 35.5. The zero-order chi connectivity index (χ0) is 32.7. The van der Waals surface area contributed by atoms with Crippen molar-refractivity contribution < 1.29 is 9.18 Å². The zero-order valence-corrected chi connectivity index (χ0v) is 27.6. The van der Waals surface area contributed by atoms with E-state index >= 15 is 4.39 Å². The van der Waals surface area contributed by atoms with Gasteiger partial charge in [0.1, 0.15) is 11.6 Å². The summed E-state index contributed by atoms with van der Waals surface area (Å²) in [6, 6.07) is 14.0. The van der Waals surface area contributed by atoms with Crippen molar-refractivity contribution in [1.82, 2.24) is 24.3 Å². The second kappa shape index (κ2) is 13.0. The second-order valence-corrected chi connectivity index (χ2v) is 13.2. The fourth-order valence-electron chi connectivity index (χ4n) is 6.87. The molecule has 2 aromatic heterocycles. The smallest absolute Gasteiger partial charge is 0.349 e. The number of anilines is 1. The average molecular weight is 643 g/mol. The maximum atomic E-state index is 15.2. The number of carbonyl (C=O) groups excluding carboxylic acids is 1. The van der Waals surface area contributed by atoms with E-state index in [9.17, 15) is 9.59 Å². The summed E-state index contributed by atoms with van der Waals surface area (Å²) in [6.45, 7) is 15.4. The summed E-state index contributed by atoms with van der Waals surface area (Å²) >= 11 is 6.90. The van der Waals surface area contributed by atoms with E-state index in [4.69, 9.17) is 21.6 Å². The first-order valence-corrected chi connectivity index (χ1v) is 16.4. The van der Waals surface area contributed by atoms with E-state index in [0.717, 1.165) is 42.7 Å². The Labute approximate surface area is 274 Å². The molecule has 8 nitrogen and oxygen atoms in total. The van der Waals surface area contributed by atoms with Crippen LogP contribution in [0.1, 0.15) is 57.6 Å². The van der Waals surface area contributed by atoms with Crippen molar-refractivity contribution in [3.05, 3.63) is 93.6 Å². The van der Waals surface area contributed by atoms with E-state index in [-0.39, 0.29) is 40.2 Å². The molecule has 2 aromatic carbocycles. The summed E-state index contributed by atoms with van der Waals surface area (Å²) in [5.41, 5.74) is 3.15. The largest absolute Gasteiger partial charge is 0.355 e. The summed E-state index contributed by atoms with van der Waals surface area (Å²) in [5.74, 6) is -0.0479. The molecule has 46 heavy (non-hydrogen) atoms. The molecule has 2 aliphatic rings. The highest BCUT2D eigenvalue weighted by Gasteiger charge is 2.34. The number of fused-ring (bicyclic) bond motifs is 1. The van der Waals surface area contributed by atoms with Crippen LogP contribution in [-0.4, -0.2) is 68.5 Å². The van der Waals surface area contributed by atoms with Gasteiger partial charge in [-0.2, -0.15) is 4.98 Å². The fourth-order valence-corrected chi connectivity index (χ4v) is 7.13. The zero-order valence-electron chi connectivity index (χ0n) is 26.8. The molecule has 0 spiro atoms. The number of halogens is 2. The lowest BCUT2D eigenvalue weighted by Gasteiger charge is -2.44. The lowest BCUT2D eigenvalue weighted by atomic mass is 9.97. The fraction of sp³-hybridized carbons (Fsp3) is 0.389. The van der Waals surface area contributed by atoms with Crippen LogP contribution in [-0.2, 0) is 11.3 Å². The van der Waals surface area contributed by atoms with Gasteiger partial charge in [0.2, 0.25) is 5.91 Å². The summed E-state index contributed by atoms with van der Waals surface area (Å²) in [4.78, 5) is 43.0. The van der Waals surface area contributed by atoms with Gasteiger partial charge < -0.3 is 9.80 Å². The number of piperazine rings is 1. The number of para-hydroxylation sites is 1. The Hall–Kier alpha value is -4.08. The standard InChI is InChI=1S/C36H40ClFN6O2/c1-6-31(45)42-19-24(5)43(20-23(42)4)34-28-18-29(37)32(27-13-7-8-15-30(27)38)39-35(28)44(36(46)40-34)33-25(21-41-16-9-10-17-41)12-11-14-26(33)22(2)3/h6-8,11-15,18,22-24H,1,9-10,16-17,19-21H2,2-5H3/t23-,24+/m1/s1. The summed E-state index contributed by atoms with van der Waals surface area (Å²) in [6.07, 6.45) is 3.62. The molecule has 2 atom stereocenters. The number of pyridine rings is 1. The Morgan fingerprint density at radius 3 is 2.50 bits per heavy atom. The second-order valence-electron chi connectivity index (χ2n) is 12.8. The Balaban J connectivity index is 1.63. The monoisotopic (exact) mass is 642 g/mol. The molecule has 1 amide bonds. The van der Waals surface area contributed by atoms with Crippen LogP contribution in [0.15, 0.2) is 66.0 Å². The number of hydrogen-bond donors (Lipinski definition) is 0. The van der Waals surface area contributed by atoms with Crippen LogP contribution in [0, 0.1) is 5.82 Å². The lowest BCUT2D eigenvalue weighted by Crippen LogP contribution is -2.58. The summed E-state index contributed by atoms with van der Waals surface area (Å²) in [5, 5.41) is 0.833.